The number of rotatable bonds is 5. The molecule has 92 valence electrons. The average Bonchev–Trinajstić information content (AvgIpc) is 2.71. The standard InChI is InChI=1S/C11H18N6/c1-16-8-15-10-9(16)2-5-14-11(10)17(6-3-12)7-4-13/h2,5,8H,3-4,6-7,12-13H2,1H3. The van der Waals surface area contributed by atoms with E-state index in [0.717, 1.165) is 29.9 Å². The van der Waals surface area contributed by atoms with E-state index in [4.69, 9.17) is 11.5 Å². The number of hydrogen-bond acceptors (Lipinski definition) is 5. The zero-order valence-corrected chi connectivity index (χ0v) is 10.0. The van der Waals surface area contributed by atoms with Gasteiger partial charge < -0.3 is 20.9 Å². The Morgan fingerprint density at radius 3 is 2.59 bits per heavy atom. The SMILES string of the molecule is Cn1cnc2c(N(CCN)CCN)nccc21. The first kappa shape index (κ1) is 11.8. The average molecular weight is 234 g/mol. The first-order valence-corrected chi connectivity index (χ1v) is 5.69. The van der Waals surface area contributed by atoms with Crippen LogP contribution >= 0.6 is 0 Å². The van der Waals surface area contributed by atoms with Crippen molar-refractivity contribution in [1.29, 1.82) is 0 Å². The van der Waals surface area contributed by atoms with Crippen LogP contribution in [0.1, 0.15) is 0 Å². The number of pyridine rings is 1. The first-order chi connectivity index (χ1) is 8.27. The second kappa shape index (κ2) is 5.11. The molecular weight excluding hydrogens is 216 g/mol. The third-order valence-electron chi connectivity index (χ3n) is 2.72. The number of fused-ring (bicyclic) bond motifs is 1. The predicted octanol–water partition coefficient (Wildman–Crippen LogP) is -0.308. The quantitative estimate of drug-likeness (QED) is 0.741. The van der Waals surface area contributed by atoms with Gasteiger partial charge in [0.1, 0.15) is 5.52 Å². The van der Waals surface area contributed by atoms with Gasteiger partial charge in [0.25, 0.3) is 0 Å². The number of aromatic nitrogens is 3. The van der Waals surface area contributed by atoms with Crippen LogP contribution in [0.5, 0.6) is 0 Å². The largest absolute Gasteiger partial charge is 0.352 e. The van der Waals surface area contributed by atoms with Gasteiger partial charge in [-0.1, -0.05) is 0 Å². The Bertz CT molecular complexity index is 486. The van der Waals surface area contributed by atoms with Crippen LogP contribution < -0.4 is 16.4 Å². The van der Waals surface area contributed by atoms with Crippen molar-refractivity contribution in [2.75, 3.05) is 31.1 Å². The van der Waals surface area contributed by atoms with Gasteiger partial charge in [-0.25, -0.2) is 9.97 Å². The number of hydrogen-bond donors (Lipinski definition) is 2. The number of nitrogens with zero attached hydrogens (tertiary/aromatic N) is 4. The van der Waals surface area contributed by atoms with E-state index >= 15 is 0 Å². The lowest BCUT2D eigenvalue weighted by Gasteiger charge is -2.22. The lowest BCUT2D eigenvalue weighted by atomic mass is 10.3. The fourth-order valence-electron chi connectivity index (χ4n) is 1.91. The van der Waals surface area contributed by atoms with Crippen LogP contribution in [0.3, 0.4) is 0 Å². The number of imidazole rings is 1. The van der Waals surface area contributed by atoms with Crippen LogP contribution in [0.25, 0.3) is 11.0 Å². The molecule has 6 heteroatoms. The molecule has 2 aromatic heterocycles. The fraction of sp³-hybridized carbons (Fsp3) is 0.455. The molecule has 0 fully saturated rings. The zero-order chi connectivity index (χ0) is 12.3. The van der Waals surface area contributed by atoms with E-state index in [9.17, 15) is 0 Å². The van der Waals surface area contributed by atoms with Gasteiger partial charge in [-0.15, -0.1) is 0 Å². The Hall–Kier alpha value is -1.66. The molecule has 0 saturated carbocycles. The van der Waals surface area contributed by atoms with E-state index in [2.05, 4.69) is 14.9 Å². The van der Waals surface area contributed by atoms with E-state index in [-0.39, 0.29) is 0 Å². The highest BCUT2D eigenvalue weighted by Crippen LogP contribution is 2.21. The predicted molar refractivity (Wildman–Crippen MR) is 68.8 cm³/mol. The van der Waals surface area contributed by atoms with Gasteiger partial charge in [-0.05, 0) is 6.07 Å². The molecule has 0 radical (unpaired) electrons. The molecule has 0 aliphatic carbocycles. The molecule has 2 heterocycles. The van der Waals surface area contributed by atoms with Crippen molar-refractivity contribution in [3.63, 3.8) is 0 Å². The zero-order valence-electron chi connectivity index (χ0n) is 10.0. The molecule has 0 saturated heterocycles. The van der Waals surface area contributed by atoms with Crippen molar-refractivity contribution >= 4 is 16.9 Å². The van der Waals surface area contributed by atoms with E-state index in [1.54, 1.807) is 12.5 Å². The maximum absolute atomic E-state index is 5.61. The molecule has 0 unspecified atom stereocenters. The lowest BCUT2D eigenvalue weighted by molar-refractivity contribution is 0.773. The van der Waals surface area contributed by atoms with E-state index in [1.165, 1.54) is 0 Å². The molecule has 0 bridgehead atoms. The topological polar surface area (TPSA) is 86.0 Å². The molecular formula is C11H18N6. The van der Waals surface area contributed by atoms with Crippen molar-refractivity contribution in [3.8, 4) is 0 Å². The number of aryl methyl sites for hydroxylation is 1. The van der Waals surface area contributed by atoms with Gasteiger partial charge in [0.15, 0.2) is 5.82 Å². The minimum absolute atomic E-state index is 0.574. The van der Waals surface area contributed by atoms with Gasteiger partial charge in [0.2, 0.25) is 0 Å². The highest BCUT2D eigenvalue weighted by Gasteiger charge is 2.12. The highest BCUT2D eigenvalue weighted by molar-refractivity contribution is 5.86. The Morgan fingerprint density at radius 1 is 1.24 bits per heavy atom. The Kier molecular flexibility index (Phi) is 3.55. The molecule has 0 atom stereocenters. The van der Waals surface area contributed by atoms with E-state index in [1.807, 2.05) is 17.7 Å². The smallest absolute Gasteiger partial charge is 0.156 e. The van der Waals surface area contributed by atoms with Gasteiger partial charge in [0, 0.05) is 39.4 Å². The van der Waals surface area contributed by atoms with E-state index in [0.29, 0.717) is 13.1 Å². The summed E-state index contributed by atoms with van der Waals surface area (Å²) in [5, 5.41) is 0. The molecule has 6 nitrogen and oxygen atoms in total. The normalized spacial score (nSPS) is 11.0. The highest BCUT2D eigenvalue weighted by atomic mass is 15.2. The molecule has 0 amide bonds. The monoisotopic (exact) mass is 234 g/mol. The minimum atomic E-state index is 0.574. The molecule has 0 aromatic carbocycles. The molecule has 2 aromatic rings. The molecule has 4 N–H and O–H groups in total. The summed E-state index contributed by atoms with van der Waals surface area (Å²) in [5.74, 6) is 0.860. The summed E-state index contributed by atoms with van der Waals surface area (Å²) in [7, 11) is 1.97. The van der Waals surface area contributed by atoms with Gasteiger partial charge in [-0.2, -0.15) is 0 Å². The second-order valence-corrected chi connectivity index (χ2v) is 3.92. The summed E-state index contributed by atoms with van der Waals surface area (Å²) in [4.78, 5) is 10.9. The van der Waals surface area contributed by atoms with Crippen LogP contribution in [0.15, 0.2) is 18.6 Å². The van der Waals surface area contributed by atoms with Gasteiger partial charge in [-0.3, -0.25) is 0 Å². The summed E-state index contributed by atoms with van der Waals surface area (Å²) in [5.41, 5.74) is 13.2. The summed E-state index contributed by atoms with van der Waals surface area (Å²) in [6, 6.07) is 1.95. The Balaban J connectivity index is 2.44. The first-order valence-electron chi connectivity index (χ1n) is 5.69. The van der Waals surface area contributed by atoms with Crippen LogP contribution in [0.2, 0.25) is 0 Å². The maximum atomic E-state index is 5.61. The minimum Gasteiger partial charge on any atom is -0.352 e. The summed E-state index contributed by atoms with van der Waals surface area (Å²) in [6.07, 6.45) is 3.58. The van der Waals surface area contributed by atoms with E-state index < -0.39 is 0 Å². The van der Waals surface area contributed by atoms with Crippen molar-refractivity contribution in [3.05, 3.63) is 18.6 Å². The van der Waals surface area contributed by atoms with Gasteiger partial charge in [0.05, 0.1) is 11.8 Å². The summed E-state index contributed by atoms with van der Waals surface area (Å²) < 4.78 is 1.98. The van der Waals surface area contributed by atoms with Crippen LogP contribution in [-0.4, -0.2) is 40.7 Å². The molecule has 0 aliphatic heterocycles. The van der Waals surface area contributed by atoms with Gasteiger partial charge >= 0.3 is 0 Å². The van der Waals surface area contributed by atoms with Crippen molar-refractivity contribution in [2.24, 2.45) is 18.5 Å². The summed E-state index contributed by atoms with van der Waals surface area (Å²) in [6.45, 7) is 2.62. The lowest BCUT2D eigenvalue weighted by Crippen LogP contribution is -2.34. The second-order valence-electron chi connectivity index (χ2n) is 3.92. The van der Waals surface area contributed by atoms with Crippen LogP contribution in [0, 0.1) is 0 Å². The van der Waals surface area contributed by atoms with Crippen LogP contribution in [0.4, 0.5) is 5.82 Å². The molecule has 2 rings (SSSR count). The molecule has 0 spiro atoms. The van der Waals surface area contributed by atoms with Crippen molar-refractivity contribution in [1.82, 2.24) is 14.5 Å². The Labute approximate surface area is 100 Å². The molecule has 0 aliphatic rings. The van der Waals surface area contributed by atoms with Crippen LogP contribution in [-0.2, 0) is 7.05 Å². The fourth-order valence-corrected chi connectivity index (χ4v) is 1.91. The third kappa shape index (κ3) is 2.22. The summed E-state index contributed by atoms with van der Waals surface area (Å²) >= 11 is 0. The molecule has 17 heavy (non-hydrogen) atoms. The number of anilines is 1. The maximum Gasteiger partial charge on any atom is 0.156 e. The van der Waals surface area contributed by atoms with Crippen molar-refractivity contribution < 1.29 is 0 Å². The third-order valence-corrected chi connectivity index (χ3v) is 2.72. The number of nitrogens with two attached hydrogens (primary N) is 2. The Morgan fingerprint density at radius 2 is 1.94 bits per heavy atom. The van der Waals surface area contributed by atoms with Crippen molar-refractivity contribution in [2.45, 2.75) is 0 Å².